The number of benzene rings is 2. The normalized spacial score (nSPS) is 10.4. The minimum atomic E-state index is -0.588. The topological polar surface area (TPSA) is 64.6 Å². The van der Waals surface area contributed by atoms with Crippen LogP contribution in [0.3, 0.4) is 0 Å². The minimum absolute atomic E-state index is 0.349. The van der Waals surface area contributed by atoms with Crippen LogP contribution in [0.2, 0.25) is 0 Å². The molecule has 2 aromatic rings. The van der Waals surface area contributed by atoms with Crippen LogP contribution in [0.15, 0.2) is 59.1 Å². The summed E-state index contributed by atoms with van der Waals surface area (Å²) in [6.07, 6.45) is 2.88. The summed E-state index contributed by atoms with van der Waals surface area (Å²) in [5.74, 6) is -0.256. The molecule has 0 aliphatic rings. The molecule has 0 unspecified atom stereocenters. The average Bonchev–Trinajstić information content (AvgIpc) is 2.58. The third-order valence-electron chi connectivity index (χ3n) is 2.98. The van der Waals surface area contributed by atoms with Crippen molar-refractivity contribution in [3.63, 3.8) is 0 Å². The second kappa shape index (κ2) is 8.88. The van der Waals surface area contributed by atoms with Crippen molar-refractivity contribution in [2.45, 2.75) is 0 Å². The number of carbonyl (C=O) groups excluding carboxylic acids is 2. The molecule has 0 bridgehead atoms. The zero-order valence-corrected chi connectivity index (χ0v) is 14.6. The highest BCUT2D eigenvalue weighted by Crippen LogP contribution is 2.15. The molecule has 1 N–H and O–H groups in total. The Bertz CT molecular complexity index is 741. The molecule has 0 atom stereocenters. The smallest absolute Gasteiger partial charge is 0.331 e. The van der Waals surface area contributed by atoms with Gasteiger partial charge in [0.1, 0.15) is 5.75 Å². The molecule has 0 radical (unpaired) electrons. The first-order valence-corrected chi connectivity index (χ1v) is 7.90. The highest BCUT2D eigenvalue weighted by atomic mass is 79.9. The van der Waals surface area contributed by atoms with Crippen molar-refractivity contribution >= 4 is 39.6 Å². The van der Waals surface area contributed by atoms with Crippen molar-refractivity contribution in [1.82, 2.24) is 0 Å². The van der Waals surface area contributed by atoms with Crippen molar-refractivity contribution in [2.75, 3.05) is 19.0 Å². The van der Waals surface area contributed by atoms with Gasteiger partial charge in [0.05, 0.1) is 7.11 Å². The molecule has 0 heterocycles. The van der Waals surface area contributed by atoms with Crippen LogP contribution in [0.5, 0.6) is 5.75 Å². The molecule has 0 aliphatic heterocycles. The lowest BCUT2D eigenvalue weighted by Gasteiger charge is -2.05. The number of esters is 1. The first kappa shape index (κ1) is 17.7. The maximum atomic E-state index is 11.7. The van der Waals surface area contributed by atoms with Crippen molar-refractivity contribution < 1.29 is 19.1 Å². The fraction of sp³-hybridized carbons (Fsp3) is 0.111. The Kier molecular flexibility index (Phi) is 6.57. The van der Waals surface area contributed by atoms with E-state index in [1.165, 1.54) is 6.08 Å². The van der Waals surface area contributed by atoms with Gasteiger partial charge in [0.25, 0.3) is 5.91 Å². The van der Waals surface area contributed by atoms with E-state index in [0.717, 1.165) is 15.8 Å². The molecule has 0 aromatic heterocycles. The van der Waals surface area contributed by atoms with Crippen molar-refractivity contribution in [1.29, 1.82) is 0 Å². The van der Waals surface area contributed by atoms with E-state index in [-0.39, 0.29) is 6.61 Å². The monoisotopic (exact) mass is 389 g/mol. The highest BCUT2D eigenvalue weighted by Gasteiger charge is 2.06. The Morgan fingerprint density at radius 1 is 1.17 bits per heavy atom. The summed E-state index contributed by atoms with van der Waals surface area (Å²) in [6.45, 7) is -0.349. The largest absolute Gasteiger partial charge is 0.497 e. The summed E-state index contributed by atoms with van der Waals surface area (Å²) in [4.78, 5) is 23.4. The van der Waals surface area contributed by atoms with Gasteiger partial charge in [0.2, 0.25) is 0 Å². The summed E-state index contributed by atoms with van der Waals surface area (Å²) in [6, 6.07) is 14.3. The molecular weight excluding hydrogens is 374 g/mol. The highest BCUT2D eigenvalue weighted by molar-refractivity contribution is 9.10. The third kappa shape index (κ3) is 5.89. The van der Waals surface area contributed by atoms with Crippen LogP contribution in [0, 0.1) is 0 Å². The molecule has 0 saturated carbocycles. The summed E-state index contributed by atoms with van der Waals surface area (Å²) in [7, 11) is 1.58. The number of ether oxygens (including phenoxy) is 2. The zero-order chi connectivity index (χ0) is 17.4. The molecular formula is C18H16BrNO4. The molecule has 2 rings (SSSR count). The van der Waals surface area contributed by atoms with Crippen molar-refractivity contribution in [2.24, 2.45) is 0 Å². The number of hydrogen-bond donors (Lipinski definition) is 1. The molecule has 0 saturated heterocycles. The second-order valence-electron chi connectivity index (χ2n) is 4.77. The molecule has 24 heavy (non-hydrogen) atoms. The van der Waals surface area contributed by atoms with Gasteiger partial charge in [-0.2, -0.15) is 0 Å². The molecule has 124 valence electrons. The van der Waals surface area contributed by atoms with Gasteiger partial charge in [-0.15, -0.1) is 0 Å². The van der Waals surface area contributed by atoms with Crippen LogP contribution in [0.25, 0.3) is 6.08 Å². The van der Waals surface area contributed by atoms with Gasteiger partial charge in [-0.25, -0.2) is 4.79 Å². The fourth-order valence-corrected chi connectivity index (χ4v) is 2.23. The average molecular weight is 390 g/mol. The van der Waals surface area contributed by atoms with Crippen molar-refractivity contribution in [3.8, 4) is 5.75 Å². The SMILES string of the molecule is COc1ccc(/C=C/C(=O)OCC(=O)Nc2cccc(Br)c2)cc1. The lowest BCUT2D eigenvalue weighted by atomic mass is 10.2. The first-order valence-electron chi connectivity index (χ1n) is 7.11. The quantitative estimate of drug-likeness (QED) is 0.604. The molecule has 6 heteroatoms. The molecule has 0 spiro atoms. The van der Waals surface area contributed by atoms with E-state index in [1.807, 2.05) is 18.2 Å². The minimum Gasteiger partial charge on any atom is -0.497 e. The van der Waals surface area contributed by atoms with Crippen LogP contribution < -0.4 is 10.1 Å². The maximum absolute atomic E-state index is 11.7. The zero-order valence-electron chi connectivity index (χ0n) is 13.0. The number of rotatable bonds is 6. The van der Waals surface area contributed by atoms with Gasteiger partial charge in [0, 0.05) is 16.2 Å². The second-order valence-corrected chi connectivity index (χ2v) is 5.69. The summed E-state index contributed by atoms with van der Waals surface area (Å²) >= 11 is 3.31. The number of halogens is 1. The van der Waals surface area contributed by atoms with Gasteiger partial charge < -0.3 is 14.8 Å². The Morgan fingerprint density at radius 2 is 1.92 bits per heavy atom. The van der Waals surface area contributed by atoms with Gasteiger partial charge >= 0.3 is 5.97 Å². The maximum Gasteiger partial charge on any atom is 0.331 e. The molecule has 0 fully saturated rings. The van der Waals surface area contributed by atoms with E-state index >= 15 is 0 Å². The van der Waals surface area contributed by atoms with Crippen LogP contribution >= 0.6 is 15.9 Å². The Hall–Kier alpha value is -2.60. The van der Waals surface area contributed by atoms with Crippen LogP contribution in [0.1, 0.15) is 5.56 Å². The van der Waals surface area contributed by atoms with E-state index in [1.54, 1.807) is 43.5 Å². The van der Waals surface area contributed by atoms with Crippen molar-refractivity contribution in [3.05, 3.63) is 64.6 Å². The Morgan fingerprint density at radius 3 is 2.58 bits per heavy atom. The number of nitrogens with one attached hydrogen (secondary N) is 1. The van der Waals surface area contributed by atoms with Gasteiger partial charge in [-0.3, -0.25) is 4.79 Å². The van der Waals surface area contributed by atoms with E-state index in [0.29, 0.717) is 5.69 Å². The van der Waals surface area contributed by atoms with Gasteiger partial charge in [-0.05, 0) is 42.0 Å². The molecule has 0 aliphatic carbocycles. The number of methoxy groups -OCH3 is 1. The van der Waals surface area contributed by atoms with Gasteiger partial charge in [0.15, 0.2) is 6.61 Å². The molecule has 1 amide bonds. The fourth-order valence-electron chi connectivity index (χ4n) is 1.83. The van der Waals surface area contributed by atoms with Crippen LogP contribution in [-0.4, -0.2) is 25.6 Å². The standard InChI is InChI=1S/C18H16BrNO4/c1-23-16-8-5-13(6-9-16)7-10-18(22)24-12-17(21)20-15-4-2-3-14(19)11-15/h2-11H,12H2,1H3,(H,20,21)/b10-7+. The summed E-state index contributed by atoms with van der Waals surface area (Å²) < 4.78 is 10.8. The predicted octanol–water partition coefficient (Wildman–Crippen LogP) is 3.65. The van der Waals surface area contributed by atoms with E-state index in [2.05, 4.69) is 21.2 Å². The number of anilines is 1. The van der Waals surface area contributed by atoms with Gasteiger partial charge in [-0.1, -0.05) is 34.1 Å². The molecule has 2 aromatic carbocycles. The van der Waals surface area contributed by atoms with E-state index in [4.69, 9.17) is 9.47 Å². The summed E-state index contributed by atoms with van der Waals surface area (Å²) in [5.41, 5.74) is 1.45. The summed E-state index contributed by atoms with van der Waals surface area (Å²) in [5, 5.41) is 2.64. The Balaban J connectivity index is 1.79. The Labute approximate surface area is 148 Å². The van der Waals surface area contributed by atoms with E-state index in [9.17, 15) is 9.59 Å². The number of hydrogen-bond acceptors (Lipinski definition) is 4. The third-order valence-corrected chi connectivity index (χ3v) is 3.47. The number of amides is 1. The number of carbonyl (C=O) groups is 2. The van der Waals surface area contributed by atoms with E-state index < -0.39 is 11.9 Å². The molecule has 5 nitrogen and oxygen atoms in total. The predicted molar refractivity (Wildman–Crippen MR) is 95.8 cm³/mol. The first-order chi connectivity index (χ1) is 11.6. The van der Waals surface area contributed by atoms with Crippen LogP contribution in [-0.2, 0) is 14.3 Å². The lowest BCUT2D eigenvalue weighted by Crippen LogP contribution is -2.20. The van der Waals surface area contributed by atoms with Crippen LogP contribution in [0.4, 0.5) is 5.69 Å². The lowest BCUT2D eigenvalue weighted by molar-refractivity contribution is -0.142.